The number of amides is 2. The van der Waals surface area contributed by atoms with Gasteiger partial charge in [-0.15, -0.1) is 0 Å². The van der Waals surface area contributed by atoms with Crippen LogP contribution in [-0.4, -0.2) is 17.9 Å². The molecule has 1 saturated carbocycles. The molecule has 0 saturated heterocycles. The highest BCUT2D eigenvalue weighted by atomic mass is 35.5. The van der Waals surface area contributed by atoms with Crippen molar-refractivity contribution in [3.63, 3.8) is 0 Å². The van der Waals surface area contributed by atoms with Crippen LogP contribution in [0.2, 0.25) is 5.02 Å². The van der Waals surface area contributed by atoms with E-state index in [2.05, 4.69) is 10.6 Å². The molecule has 4 N–H and O–H groups in total. The van der Waals surface area contributed by atoms with Gasteiger partial charge in [0.05, 0.1) is 10.7 Å². The fraction of sp³-hybridized carbons (Fsp3) is 0.467. The molecule has 0 aliphatic heterocycles. The van der Waals surface area contributed by atoms with E-state index in [1.807, 2.05) is 0 Å². The van der Waals surface area contributed by atoms with Crippen molar-refractivity contribution in [3.8, 4) is 0 Å². The van der Waals surface area contributed by atoms with Gasteiger partial charge in [-0.25, -0.2) is 0 Å². The van der Waals surface area contributed by atoms with E-state index >= 15 is 0 Å². The summed E-state index contributed by atoms with van der Waals surface area (Å²) >= 11 is 6.06. The van der Waals surface area contributed by atoms with Gasteiger partial charge in [-0.05, 0) is 37.0 Å². The van der Waals surface area contributed by atoms with Crippen molar-refractivity contribution in [2.45, 2.75) is 38.6 Å². The number of nitrogens with one attached hydrogen (secondary N) is 2. The average Bonchev–Trinajstić information content (AvgIpc) is 2.78. The SMILES string of the molecule is CC(=O)Nc1ccc(NC(=O)C[C@@H]2CCC[C@H]2N)cc1Cl. The van der Waals surface area contributed by atoms with Crippen LogP contribution in [0.3, 0.4) is 0 Å². The number of halogens is 1. The lowest BCUT2D eigenvalue weighted by Gasteiger charge is -2.15. The number of carbonyl (C=O) groups excluding carboxylic acids is 2. The summed E-state index contributed by atoms with van der Waals surface area (Å²) in [5, 5.41) is 5.83. The summed E-state index contributed by atoms with van der Waals surface area (Å²) in [6.45, 7) is 1.41. The highest BCUT2D eigenvalue weighted by molar-refractivity contribution is 6.34. The molecule has 0 bridgehead atoms. The van der Waals surface area contributed by atoms with Crippen LogP contribution in [-0.2, 0) is 9.59 Å². The molecule has 0 radical (unpaired) electrons. The first kappa shape index (κ1) is 15.8. The van der Waals surface area contributed by atoms with Gasteiger partial charge in [0.15, 0.2) is 0 Å². The predicted molar refractivity (Wildman–Crippen MR) is 84.3 cm³/mol. The molecule has 2 atom stereocenters. The molecule has 0 aromatic heterocycles. The Morgan fingerprint density at radius 3 is 2.67 bits per heavy atom. The van der Waals surface area contributed by atoms with Crippen LogP contribution >= 0.6 is 11.6 Å². The van der Waals surface area contributed by atoms with E-state index in [-0.39, 0.29) is 23.8 Å². The van der Waals surface area contributed by atoms with Crippen LogP contribution in [0.25, 0.3) is 0 Å². The zero-order valence-electron chi connectivity index (χ0n) is 12.0. The number of hydrogen-bond donors (Lipinski definition) is 3. The lowest BCUT2D eigenvalue weighted by atomic mass is 10.00. The fourth-order valence-corrected chi connectivity index (χ4v) is 2.88. The van der Waals surface area contributed by atoms with Gasteiger partial charge in [0, 0.05) is 25.1 Å². The Labute approximate surface area is 129 Å². The fourth-order valence-electron chi connectivity index (χ4n) is 2.65. The van der Waals surface area contributed by atoms with E-state index in [0.29, 0.717) is 22.8 Å². The number of anilines is 2. The second kappa shape index (κ2) is 6.91. The number of hydrogen-bond acceptors (Lipinski definition) is 3. The molecule has 1 aromatic carbocycles. The highest BCUT2D eigenvalue weighted by Crippen LogP contribution is 2.28. The van der Waals surface area contributed by atoms with Gasteiger partial charge in [-0.3, -0.25) is 9.59 Å². The minimum Gasteiger partial charge on any atom is -0.327 e. The monoisotopic (exact) mass is 309 g/mol. The van der Waals surface area contributed by atoms with Gasteiger partial charge in [0.1, 0.15) is 0 Å². The number of nitrogens with two attached hydrogens (primary N) is 1. The summed E-state index contributed by atoms with van der Waals surface area (Å²) in [5.41, 5.74) is 7.11. The number of carbonyl (C=O) groups is 2. The summed E-state index contributed by atoms with van der Waals surface area (Å²) in [6, 6.07) is 5.13. The summed E-state index contributed by atoms with van der Waals surface area (Å²) in [6.07, 6.45) is 3.54. The average molecular weight is 310 g/mol. The van der Waals surface area contributed by atoms with Gasteiger partial charge in [-0.2, -0.15) is 0 Å². The molecule has 1 fully saturated rings. The molecule has 2 amide bonds. The molecule has 6 heteroatoms. The molecule has 2 rings (SSSR count). The van der Waals surface area contributed by atoms with E-state index < -0.39 is 0 Å². The Bertz CT molecular complexity index is 548. The first-order valence-electron chi connectivity index (χ1n) is 7.08. The number of rotatable bonds is 4. The molecule has 0 unspecified atom stereocenters. The third-order valence-electron chi connectivity index (χ3n) is 3.73. The van der Waals surface area contributed by atoms with Gasteiger partial charge in [-0.1, -0.05) is 18.0 Å². The summed E-state index contributed by atoms with van der Waals surface area (Å²) in [5.74, 6) is 0.0173. The van der Waals surface area contributed by atoms with E-state index in [0.717, 1.165) is 19.3 Å². The highest BCUT2D eigenvalue weighted by Gasteiger charge is 2.26. The topological polar surface area (TPSA) is 84.2 Å². The maximum atomic E-state index is 12.0. The Balaban J connectivity index is 1.94. The minimum atomic E-state index is -0.191. The van der Waals surface area contributed by atoms with Crippen molar-refractivity contribution in [1.82, 2.24) is 0 Å². The predicted octanol–water partition coefficient (Wildman–Crippen LogP) is 2.75. The molecule has 1 aliphatic carbocycles. The van der Waals surface area contributed by atoms with Crippen LogP contribution in [0.5, 0.6) is 0 Å². The quantitative estimate of drug-likeness (QED) is 0.799. The maximum Gasteiger partial charge on any atom is 0.224 e. The van der Waals surface area contributed by atoms with Crippen molar-refractivity contribution in [2.75, 3.05) is 10.6 Å². The minimum absolute atomic E-state index is 0.0549. The normalized spacial score (nSPS) is 21.1. The van der Waals surface area contributed by atoms with Crippen molar-refractivity contribution in [3.05, 3.63) is 23.2 Å². The molecule has 5 nitrogen and oxygen atoms in total. The molecule has 1 aromatic rings. The lowest BCUT2D eigenvalue weighted by molar-refractivity contribution is -0.117. The maximum absolute atomic E-state index is 12.0. The van der Waals surface area contributed by atoms with E-state index in [4.69, 9.17) is 17.3 Å². The molecular formula is C15H20ClN3O2. The summed E-state index contributed by atoms with van der Waals surface area (Å²) in [4.78, 5) is 23.0. The molecule has 114 valence electrons. The van der Waals surface area contributed by atoms with Crippen molar-refractivity contribution in [1.29, 1.82) is 0 Å². The van der Waals surface area contributed by atoms with E-state index in [1.54, 1.807) is 18.2 Å². The van der Waals surface area contributed by atoms with E-state index in [9.17, 15) is 9.59 Å². The Morgan fingerprint density at radius 1 is 1.33 bits per heavy atom. The Morgan fingerprint density at radius 2 is 2.10 bits per heavy atom. The van der Waals surface area contributed by atoms with E-state index in [1.165, 1.54) is 6.92 Å². The standard InChI is InChI=1S/C15H20ClN3O2/c1-9(20)18-14-6-5-11(8-12(14)16)19-15(21)7-10-3-2-4-13(10)17/h5-6,8,10,13H,2-4,7,17H2,1H3,(H,18,20)(H,19,21)/t10-,13+/m0/s1. The van der Waals surface area contributed by atoms with Crippen LogP contribution < -0.4 is 16.4 Å². The molecule has 0 spiro atoms. The van der Waals surface area contributed by atoms with Crippen molar-refractivity contribution >= 4 is 34.8 Å². The molecule has 1 aliphatic rings. The van der Waals surface area contributed by atoms with Crippen LogP contribution in [0.1, 0.15) is 32.6 Å². The molecular weight excluding hydrogens is 290 g/mol. The van der Waals surface area contributed by atoms with Crippen molar-refractivity contribution in [2.24, 2.45) is 11.7 Å². The van der Waals surface area contributed by atoms with Crippen LogP contribution in [0.15, 0.2) is 18.2 Å². The summed E-state index contributed by atoms with van der Waals surface area (Å²) < 4.78 is 0. The summed E-state index contributed by atoms with van der Waals surface area (Å²) in [7, 11) is 0. The second-order valence-electron chi connectivity index (χ2n) is 5.48. The zero-order valence-corrected chi connectivity index (χ0v) is 12.7. The van der Waals surface area contributed by atoms with Gasteiger partial charge in [0.2, 0.25) is 11.8 Å². The molecule has 21 heavy (non-hydrogen) atoms. The third-order valence-corrected chi connectivity index (χ3v) is 4.04. The van der Waals surface area contributed by atoms with Crippen LogP contribution in [0.4, 0.5) is 11.4 Å². The number of benzene rings is 1. The van der Waals surface area contributed by atoms with Crippen LogP contribution in [0, 0.1) is 5.92 Å². The smallest absolute Gasteiger partial charge is 0.224 e. The van der Waals surface area contributed by atoms with Crippen molar-refractivity contribution < 1.29 is 9.59 Å². The first-order valence-corrected chi connectivity index (χ1v) is 7.46. The van der Waals surface area contributed by atoms with Gasteiger partial charge in [0.25, 0.3) is 0 Å². The second-order valence-corrected chi connectivity index (χ2v) is 5.89. The zero-order chi connectivity index (χ0) is 15.4. The Kier molecular flexibility index (Phi) is 5.20. The van der Waals surface area contributed by atoms with Gasteiger partial charge < -0.3 is 16.4 Å². The Hall–Kier alpha value is -1.59. The van der Waals surface area contributed by atoms with Gasteiger partial charge >= 0.3 is 0 Å². The lowest BCUT2D eigenvalue weighted by Crippen LogP contribution is -2.28. The third kappa shape index (κ3) is 4.44. The largest absolute Gasteiger partial charge is 0.327 e. The molecule has 0 heterocycles. The first-order chi connectivity index (χ1) is 9.95.